The van der Waals surface area contributed by atoms with Crippen molar-refractivity contribution in [1.82, 2.24) is 0 Å². The van der Waals surface area contributed by atoms with Crippen molar-refractivity contribution in [1.29, 1.82) is 0 Å². The Kier molecular flexibility index (Phi) is 9.48. The van der Waals surface area contributed by atoms with E-state index >= 15 is 0 Å². The summed E-state index contributed by atoms with van der Waals surface area (Å²) in [6.45, 7) is 4.84. The molecule has 5 heteroatoms. The summed E-state index contributed by atoms with van der Waals surface area (Å²) in [5.41, 5.74) is 0. The lowest BCUT2D eigenvalue weighted by molar-refractivity contribution is 0.145. The molecular formula is C25H40F2O2Si. The van der Waals surface area contributed by atoms with Crippen LogP contribution in [0.3, 0.4) is 0 Å². The molecule has 170 valence electrons. The lowest BCUT2D eigenvalue weighted by Crippen LogP contribution is -2.29. The van der Waals surface area contributed by atoms with Crippen molar-refractivity contribution < 1.29 is 18.3 Å². The van der Waals surface area contributed by atoms with Gasteiger partial charge in [0.15, 0.2) is 11.5 Å². The first-order chi connectivity index (χ1) is 14.6. The molecule has 0 radical (unpaired) electrons. The maximum atomic E-state index is 14.2. The Morgan fingerprint density at radius 2 is 1.43 bits per heavy atom. The van der Waals surface area contributed by atoms with Crippen molar-refractivity contribution in [3.63, 3.8) is 0 Å². The first kappa shape index (κ1) is 23.6. The molecule has 1 aliphatic heterocycles. The number of hydrogen-bond acceptors (Lipinski definition) is 2. The van der Waals surface area contributed by atoms with Gasteiger partial charge in [0, 0.05) is 8.80 Å². The molecule has 0 bridgehead atoms. The fraction of sp³-hybridized carbons (Fsp3) is 0.760. The molecule has 3 rings (SSSR count). The van der Waals surface area contributed by atoms with E-state index in [1.807, 2.05) is 0 Å². The summed E-state index contributed by atoms with van der Waals surface area (Å²) < 4.78 is 39.0. The molecule has 0 atom stereocenters. The third-order valence-corrected chi connectivity index (χ3v) is 11.0. The maximum absolute atomic E-state index is 14.2. The van der Waals surface area contributed by atoms with Gasteiger partial charge in [-0.05, 0) is 62.5 Å². The van der Waals surface area contributed by atoms with E-state index in [4.69, 9.17) is 9.47 Å². The smallest absolute Gasteiger partial charge is 0.204 e. The molecule has 1 aliphatic carbocycles. The van der Waals surface area contributed by atoms with Crippen molar-refractivity contribution in [2.24, 2.45) is 17.8 Å². The largest absolute Gasteiger partial charge is 0.491 e. The summed E-state index contributed by atoms with van der Waals surface area (Å²) in [4.78, 5) is 0. The van der Waals surface area contributed by atoms with Crippen LogP contribution in [0.5, 0.6) is 11.5 Å². The number of ether oxygens (including phenoxy) is 2. The zero-order chi connectivity index (χ0) is 21.3. The highest BCUT2D eigenvalue weighted by Gasteiger charge is 2.31. The average molecular weight is 439 g/mol. The minimum absolute atomic E-state index is 0.00410. The Balaban J connectivity index is 1.38. The molecule has 0 unspecified atom stereocenters. The first-order valence-corrected chi connectivity index (χ1v) is 14.8. The monoisotopic (exact) mass is 438 g/mol. The van der Waals surface area contributed by atoms with Gasteiger partial charge in [-0.15, -0.1) is 0 Å². The van der Waals surface area contributed by atoms with E-state index in [1.54, 1.807) is 25.1 Å². The van der Waals surface area contributed by atoms with Gasteiger partial charge in [0.25, 0.3) is 0 Å². The third kappa shape index (κ3) is 6.45. The van der Waals surface area contributed by atoms with Crippen LogP contribution in [0.2, 0.25) is 18.1 Å². The summed E-state index contributed by atoms with van der Waals surface area (Å²) >= 11 is 0. The zero-order valence-electron chi connectivity index (χ0n) is 18.9. The van der Waals surface area contributed by atoms with Crippen molar-refractivity contribution in [3.05, 3.63) is 23.8 Å². The average Bonchev–Trinajstić information content (AvgIpc) is 2.78. The number of halogens is 2. The van der Waals surface area contributed by atoms with Gasteiger partial charge in [-0.3, -0.25) is 0 Å². The highest BCUT2D eigenvalue weighted by molar-refractivity contribution is 6.58. The molecule has 1 saturated carbocycles. The molecule has 1 saturated heterocycles. The number of unbranched alkanes of at least 4 members (excludes halogenated alkanes) is 2. The predicted octanol–water partition coefficient (Wildman–Crippen LogP) is 7.38. The zero-order valence-corrected chi connectivity index (χ0v) is 20.1. The minimum atomic E-state index is -0.952. The summed E-state index contributed by atoms with van der Waals surface area (Å²) in [5.74, 6) is 0.345. The molecule has 0 spiro atoms. The van der Waals surface area contributed by atoms with E-state index in [0.29, 0.717) is 19.1 Å². The van der Waals surface area contributed by atoms with Crippen LogP contribution in [0.25, 0.3) is 0 Å². The van der Waals surface area contributed by atoms with Crippen LogP contribution < -0.4 is 9.47 Å². The quantitative estimate of drug-likeness (QED) is 0.280. The minimum Gasteiger partial charge on any atom is -0.491 e. The Labute approximate surface area is 183 Å². The standard InChI is InChI=1S/C25H40F2O2Si/c1-3-5-6-15-30-16-13-21(14-17-30)20-9-7-19(8-10-20)18-29-23-12-11-22(28-4-2)24(26)25(23)27/h11-12,19-21,30H,3-10,13-18H2,1-2H3. The van der Waals surface area contributed by atoms with Crippen molar-refractivity contribution in [2.45, 2.75) is 89.8 Å². The predicted molar refractivity (Wildman–Crippen MR) is 122 cm³/mol. The van der Waals surface area contributed by atoms with Crippen LogP contribution in [0, 0.1) is 29.4 Å². The van der Waals surface area contributed by atoms with Gasteiger partial charge in [0.05, 0.1) is 13.2 Å². The molecule has 0 amide bonds. The second kappa shape index (κ2) is 12.1. The lowest BCUT2D eigenvalue weighted by Gasteiger charge is -2.37. The van der Waals surface area contributed by atoms with Crippen molar-refractivity contribution in [3.8, 4) is 11.5 Å². The van der Waals surface area contributed by atoms with Gasteiger partial charge in [0.2, 0.25) is 11.6 Å². The number of hydrogen-bond donors (Lipinski definition) is 0. The topological polar surface area (TPSA) is 18.5 Å². The lowest BCUT2D eigenvalue weighted by atomic mass is 9.74. The number of benzene rings is 1. The maximum Gasteiger partial charge on any atom is 0.204 e. The second-order valence-electron chi connectivity index (χ2n) is 9.49. The Morgan fingerprint density at radius 3 is 2.03 bits per heavy atom. The van der Waals surface area contributed by atoms with Crippen LogP contribution in [0.4, 0.5) is 8.78 Å². The molecule has 2 nitrogen and oxygen atoms in total. The van der Waals surface area contributed by atoms with Gasteiger partial charge in [-0.25, -0.2) is 0 Å². The summed E-state index contributed by atoms with van der Waals surface area (Å²) in [7, 11) is -0.422. The fourth-order valence-corrected chi connectivity index (χ4v) is 9.09. The van der Waals surface area contributed by atoms with E-state index in [9.17, 15) is 8.78 Å². The molecule has 2 aliphatic rings. The highest BCUT2D eigenvalue weighted by atomic mass is 28.3. The Bertz CT molecular complexity index is 638. The van der Waals surface area contributed by atoms with Crippen LogP contribution in [-0.2, 0) is 0 Å². The molecule has 2 fully saturated rings. The summed E-state index contributed by atoms with van der Waals surface area (Å²) in [6, 6.07) is 7.65. The summed E-state index contributed by atoms with van der Waals surface area (Å²) in [6.07, 6.45) is 12.1. The number of rotatable bonds is 10. The first-order valence-electron chi connectivity index (χ1n) is 12.4. The van der Waals surface area contributed by atoms with Gasteiger partial charge in [-0.1, -0.05) is 57.2 Å². The van der Waals surface area contributed by atoms with Gasteiger partial charge in [0.1, 0.15) is 0 Å². The molecule has 1 heterocycles. The van der Waals surface area contributed by atoms with Gasteiger partial charge < -0.3 is 9.47 Å². The molecule has 30 heavy (non-hydrogen) atoms. The molecule has 0 aromatic heterocycles. The van der Waals surface area contributed by atoms with E-state index in [0.717, 1.165) is 24.7 Å². The fourth-order valence-electron chi connectivity index (χ4n) is 5.56. The molecule has 1 aromatic carbocycles. The van der Waals surface area contributed by atoms with Crippen LogP contribution >= 0.6 is 0 Å². The molecular weight excluding hydrogens is 398 g/mol. The van der Waals surface area contributed by atoms with Crippen molar-refractivity contribution in [2.75, 3.05) is 13.2 Å². The van der Waals surface area contributed by atoms with Gasteiger partial charge in [-0.2, -0.15) is 8.78 Å². The van der Waals surface area contributed by atoms with E-state index in [1.165, 1.54) is 57.1 Å². The van der Waals surface area contributed by atoms with E-state index in [-0.39, 0.29) is 11.5 Å². The van der Waals surface area contributed by atoms with Gasteiger partial charge >= 0.3 is 0 Å². The SMILES string of the molecule is CCCCC[SiH]1CCC(C2CCC(COc3ccc(OCC)c(F)c3F)CC2)CC1. The normalized spacial score (nSPS) is 27.1. The van der Waals surface area contributed by atoms with Crippen LogP contribution in [0.15, 0.2) is 12.1 Å². The Hall–Kier alpha value is -1.10. The second-order valence-corrected chi connectivity index (χ2v) is 13.0. The van der Waals surface area contributed by atoms with E-state index in [2.05, 4.69) is 6.92 Å². The Morgan fingerprint density at radius 1 is 0.833 bits per heavy atom. The third-order valence-electron chi connectivity index (χ3n) is 7.45. The van der Waals surface area contributed by atoms with Crippen LogP contribution in [-0.4, -0.2) is 22.0 Å². The molecule has 0 N–H and O–H groups in total. The van der Waals surface area contributed by atoms with E-state index < -0.39 is 20.4 Å². The van der Waals surface area contributed by atoms with Crippen LogP contribution in [0.1, 0.15) is 71.6 Å². The highest BCUT2D eigenvalue weighted by Crippen LogP contribution is 2.41. The van der Waals surface area contributed by atoms with Crippen molar-refractivity contribution >= 4 is 8.80 Å². The summed E-state index contributed by atoms with van der Waals surface area (Å²) in [5, 5.41) is 0. The molecule has 1 aromatic rings.